The normalized spacial score (nSPS) is 14.2. The molecule has 0 N–H and O–H groups in total. The highest BCUT2D eigenvalue weighted by molar-refractivity contribution is 6.27. The van der Waals surface area contributed by atoms with Gasteiger partial charge in [-0.15, -0.1) is 0 Å². The molecule has 0 radical (unpaired) electrons. The van der Waals surface area contributed by atoms with E-state index in [2.05, 4.69) is 6.92 Å². The first kappa shape index (κ1) is 22.3. The molecule has 0 aromatic heterocycles. The molecule has 1 aliphatic rings. The molecule has 0 aliphatic heterocycles. The molecule has 0 bridgehead atoms. The number of rotatable bonds is 7. The number of benzene rings is 3. The third kappa shape index (κ3) is 4.27. The number of nitro groups is 1. The molecule has 0 spiro atoms. The van der Waals surface area contributed by atoms with Crippen molar-refractivity contribution in [1.29, 1.82) is 0 Å². The number of carbonyl (C=O) groups is 2. The number of fused-ring (bicyclic) bond motifs is 1. The second-order valence-electron chi connectivity index (χ2n) is 8.36. The van der Waals surface area contributed by atoms with Crippen LogP contribution >= 0.6 is 0 Å². The number of allylic oxidation sites excluding steroid dienone is 2. The van der Waals surface area contributed by atoms with E-state index in [-0.39, 0.29) is 23.2 Å². The van der Waals surface area contributed by atoms with E-state index in [1.807, 2.05) is 24.3 Å². The summed E-state index contributed by atoms with van der Waals surface area (Å²) in [4.78, 5) is 37.0. The number of carbonyl (C=O) groups excluding carboxylic acids is 2. The molecule has 0 saturated carbocycles. The van der Waals surface area contributed by atoms with E-state index in [9.17, 15) is 19.7 Å². The predicted octanol–water partition coefficient (Wildman–Crippen LogP) is 6.93. The Morgan fingerprint density at radius 2 is 1.36 bits per heavy atom. The Hall–Kier alpha value is -3.86. The standard InChI is InChI=1S/C28H25NO4/c1-3-4-7-23(26-18(2)27(30)24-8-5-6-9-25(24)28(26)31)21-12-10-19(11-13-21)20-14-16-22(17-15-20)29(32)33/h5-6,8-17,23H,3-4,7H2,1-2H3. The lowest BCUT2D eigenvalue weighted by Crippen LogP contribution is -2.24. The van der Waals surface area contributed by atoms with Crippen molar-refractivity contribution in [1.82, 2.24) is 0 Å². The van der Waals surface area contributed by atoms with Crippen LogP contribution in [0.4, 0.5) is 5.69 Å². The monoisotopic (exact) mass is 439 g/mol. The number of unbranched alkanes of at least 4 members (excludes halogenated alkanes) is 1. The fourth-order valence-electron chi connectivity index (χ4n) is 4.51. The van der Waals surface area contributed by atoms with Crippen LogP contribution in [0.1, 0.15) is 65.3 Å². The minimum Gasteiger partial charge on any atom is -0.289 e. The van der Waals surface area contributed by atoms with Gasteiger partial charge < -0.3 is 0 Å². The van der Waals surface area contributed by atoms with Crippen molar-refractivity contribution in [2.45, 2.75) is 39.0 Å². The molecule has 0 amide bonds. The van der Waals surface area contributed by atoms with Crippen LogP contribution in [0.3, 0.4) is 0 Å². The molecule has 1 unspecified atom stereocenters. The maximum absolute atomic E-state index is 13.5. The Morgan fingerprint density at radius 3 is 1.91 bits per heavy atom. The van der Waals surface area contributed by atoms with Crippen molar-refractivity contribution in [3.63, 3.8) is 0 Å². The van der Waals surface area contributed by atoms with E-state index in [1.54, 1.807) is 43.3 Å². The second kappa shape index (κ2) is 9.33. The van der Waals surface area contributed by atoms with Gasteiger partial charge in [-0.3, -0.25) is 19.7 Å². The summed E-state index contributed by atoms with van der Waals surface area (Å²) in [5.74, 6) is -0.312. The van der Waals surface area contributed by atoms with Gasteiger partial charge >= 0.3 is 0 Å². The number of hydrogen-bond donors (Lipinski definition) is 0. The van der Waals surface area contributed by atoms with Gasteiger partial charge in [-0.25, -0.2) is 0 Å². The predicted molar refractivity (Wildman–Crippen MR) is 129 cm³/mol. The van der Waals surface area contributed by atoms with Crippen LogP contribution in [0.25, 0.3) is 11.1 Å². The van der Waals surface area contributed by atoms with Crippen molar-refractivity contribution in [2.24, 2.45) is 0 Å². The van der Waals surface area contributed by atoms with E-state index in [4.69, 9.17) is 0 Å². The molecule has 0 saturated heterocycles. The highest BCUT2D eigenvalue weighted by atomic mass is 16.6. The SMILES string of the molecule is CCCCC(C1=C(C)C(=O)c2ccccc2C1=O)c1ccc(-c2ccc([N+](=O)[O-])cc2)cc1. The van der Waals surface area contributed by atoms with Crippen LogP contribution in [-0.2, 0) is 0 Å². The molecular formula is C28H25NO4. The maximum atomic E-state index is 13.5. The van der Waals surface area contributed by atoms with Crippen LogP contribution in [0.5, 0.6) is 0 Å². The summed E-state index contributed by atoms with van der Waals surface area (Å²) >= 11 is 0. The first-order chi connectivity index (χ1) is 15.9. The highest BCUT2D eigenvalue weighted by Crippen LogP contribution is 2.39. The first-order valence-corrected chi connectivity index (χ1v) is 11.2. The molecule has 5 nitrogen and oxygen atoms in total. The molecule has 3 aromatic carbocycles. The van der Waals surface area contributed by atoms with Gasteiger partial charge in [0, 0.05) is 40.3 Å². The van der Waals surface area contributed by atoms with Crippen molar-refractivity contribution in [3.05, 3.63) is 111 Å². The largest absolute Gasteiger partial charge is 0.289 e. The second-order valence-corrected chi connectivity index (χ2v) is 8.36. The van der Waals surface area contributed by atoms with Crippen LogP contribution in [-0.4, -0.2) is 16.5 Å². The first-order valence-electron chi connectivity index (χ1n) is 11.2. The molecule has 5 heteroatoms. The topological polar surface area (TPSA) is 77.3 Å². The number of nitro benzene ring substituents is 1. The van der Waals surface area contributed by atoms with Crippen molar-refractivity contribution >= 4 is 17.3 Å². The number of hydrogen-bond acceptors (Lipinski definition) is 4. The van der Waals surface area contributed by atoms with Gasteiger partial charge in [0.05, 0.1) is 4.92 Å². The Labute approximate surface area is 192 Å². The third-order valence-corrected chi connectivity index (χ3v) is 6.32. The van der Waals surface area contributed by atoms with E-state index in [1.165, 1.54) is 12.1 Å². The Kier molecular flexibility index (Phi) is 6.31. The Balaban J connectivity index is 1.71. The molecule has 4 rings (SSSR count). The minimum absolute atomic E-state index is 0.0539. The van der Waals surface area contributed by atoms with Gasteiger partial charge in [0.15, 0.2) is 11.6 Å². The van der Waals surface area contributed by atoms with Gasteiger partial charge in [0.25, 0.3) is 5.69 Å². The summed E-state index contributed by atoms with van der Waals surface area (Å²) < 4.78 is 0. The van der Waals surface area contributed by atoms with E-state index >= 15 is 0 Å². The number of nitrogens with zero attached hydrogens (tertiary/aromatic N) is 1. The number of ketones is 2. The maximum Gasteiger partial charge on any atom is 0.269 e. The third-order valence-electron chi connectivity index (χ3n) is 6.32. The van der Waals surface area contributed by atoms with Crippen LogP contribution < -0.4 is 0 Å². The average Bonchev–Trinajstić information content (AvgIpc) is 2.85. The Bertz CT molecular complexity index is 1250. The minimum atomic E-state index is -0.415. The van der Waals surface area contributed by atoms with Crippen LogP contribution in [0, 0.1) is 10.1 Å². The molecule has 1 atom stereocenters. The molecule has 166 valence electrons. The Morgan fingerprint density at radius 1 is 0.818 bits per heavy atom. The summed E-state index contributed by atoms with van der Waals surface area (Å²) in [6, 6.07) is 21.4. The molecule has 33 heavy (non-hydrogen) atoms. The highest BCUT2D eigenvalue weighted by Gasteiger charge is 2.34. The lowest BCUT2D eigenvalue weighted by atomic mass is 9.75. The molecule has 3 aromatic rings. The van der Waals surface area contributed by atoms with Crippen molar-refractivity contribution < 1.29 is 14.5 Å². The zero-order valence-corrected chi connectivity index (χ0v) is 18.7. The zero-order valence-electron chi connectivity index (χ0n) is 18.7. The number of Topliss-reactive ketones (excluding diaryl/α,β-unsaturated/α-hetero) is 2. The molecular weight excluding hydrogens is 414 g/mol. The van der Waals surface area contributed by atoms with Gasteiger partial charge in [0.1, 0.15) is 0 Å². The van der Waals surface area contributed by atoms with Gasteiger partial charge in [0.2, 0.25) is 0 Å². The summed E-state index contributed by atoms with van der Waals surface area (Å²) in [5.41, 5.74) is 4.94. The summed E-state index contributed by atoms with van der Waals surface area (Å²) in [7, 11) is 0. The molecule has 1 aliphatic carbocycles. The quantitative estimate of drug-likeness (QED) is 0.295. The van der Waals surface area contributed by atoms with Crippen molar-refractivity contribution in [2.75, 3.05) is 0 Å². The smallest absolute Gasteiger partial charge is 0.269 e. The lowest BCUT2D eigenvalue weighted by Gasteiger charge is -2.26. The lowest BCUT2D eigenvalue weighted by molar-refractivity contribution is -0.384. The van der Waals surface area contributed by atoms with E-state index < -0.39 is 4.92 Å². The molecule has 0 heterocycles. The van der Waals surface area contributed by atoms with E-state index in [0.717, 1.165) is 36.0 Å². The fraction of sp³-hybridized carbons (Fsp3) is 0.214. The van der Waals surface area contributed by atoms with Crippen LogP contribution in [0.2, 0.25) is 0 Å². The van der Waals surface area contributed by atoms with Gasteiger partial charge in [-0.05, 0) is 42.2 Å². The van der Waals surface area contributed by atoms with Crippen LogP contribution in [0.15, 0.2) is 83.9 Å². The summed E-state index contributed by atoms with van der Waals surface area (Å²) in [5, 5.41) is 10.9. The summed E-state index contributed by atoms with van der Waals surface area (Å²) in [6.07, 6.45) is 2.71. The number of non-ortho nitro benzene ring substituents is 1. The van der Waals surface area contributed by atoms with E-state index in [0.29, 0.717) is 22.3 Å². The van der Waals surface area contributed by atoms with Gasteiger partial charge in [-0.1, -0.05) is 68.3 Å². The van der Waals surface area contributed by atoms with Crippen molar-refractivity contribution in [3.8, 4) is 11.1 Å². The van der Waals surface area contributed by atoms with Gasteiger partial charge in [-0.2, -0.15) is 0 Å². The summed E-state index contributed by atoms with van der Waals surface area (Å²) in [6.45, 7) is 3.87. The fourth-order valence-corrected chi connectivity index (χ4v) is 4.51. The zero-order chi connectivity index (χ0) is 23.5. The molecule has 0 fully saturated rings. The average molecular weight is 440 g/mol.